The highest BCUT2D eigenvalue weighted by Gasteiger charge is 2.22. The first-order valence-electron chi connectivity index (χ1n) is 6.26. The Bertz CT molecular complexity index is 299. The Balaban J connectivity index is 1.72. The van der Waals surface area contributed by atoms with Crippen molar-refractivity contribution in [2.45, 2.75) is 32.4 Å². The lowest BCUT2D eigenvalue weighted by molar-refractivity contribution is 0.0686. The molecule has 0 bridgehead atoms. The first kappa shape index (κ1) is 11.6. The summed E-state index contributed by atoms with van der Waals surface area (Å²) in [5.74, 6) is 0. The molecule has 1 fully saturated rings. The van der Waals surface area contributed by atoms with Crippen LogP contribution >= 0.6 is 0 Å². The quantitative estimate of drug-likeness (QED) is 0.755. The van der Waals surface area contributed by atoms with Crippen LogP contribution in [0.3, 0.4) is 0 Å². The van der Waals surface area contributed by atoms with E-state index >= 15 is 0 Å². The highest BCUT2D eigenvalue weighted by Crippen LogP contribution is 2.17. The van der Waals surface area contributed by atoms with E-state index in [-0.39, 0.29) is 0 Å². The van der Waals surface area contributed by atoms with Gasteiger partial charge in [-0.1, -0.05) is 37.3 Å². The van der Waals surface area contributed by atoms with Gasteiger partial charge in [0.2, 0.25) is 0 Å². The van der Waals surface area contributed by atoms with E-state index in [0.29, 0.717) is 6.04 Å². The number of ether oxygens (including phenoxy) is 1. The summed E-state index contributed by atoms with van der Waals surface area (Å²) in [6.07, 6.45) is 2.62. The third kappa shape index (κ3) is 3.06. The van der Waals surface area contributed by atoms with Crippen molar-refractivity contribution in [2.24, 2.45) is 0 Å². The molecule has 1 aliphatic heterocycles. The van der Waals surface area contributed by atoms with Crippen molar-refractivity contribution in [1.29, 1.82) is 0 Å². The number of nitrogens with zero attached hydrogens (tertiary/aromatic N) is 1. The molecule has 2 heteroatoms. The fourth-order valence-electron chi connectivity index (χ4n) is 2.39. The second-order valence-corrected chi connectivity index (χ2v) is 4.43. The van der Waals surface area contributed by atoms with E-state index < -0.39 is 0 Å². The van der Waals surface area contributed by atoms with Gasteiger partial charge in [-0.05, 0) is 31.5 Å². The van der Waals surface area contributed by atoms with Crippen LogP contribution < -0.4 is 0 Å². The predicted octanol–water partition coefficient (Wildman–Crippen LogP) is 2.69. The van der Waals surface area contributed by atoms with Crippen LogP contribution in [-0.4, -0.2) is 30.6 Å². The van der Waals surface area contributed by atoms with Crippen LogP contribution in [0.2, 0.25) is 0 Å². The lowest BCUT2D eigenvalue weighted by atomic mass is 10.2. The first-order valence-corrected chi connectivity index (χ1v) is 6.26. The molecule has 1 aliphatic rings. The molecule has 16 heavy (non-hydrogen) atoms. The highest BCUT2D eigenvalue weighted by atomic mass is 16.5. The second-order valence-electron chi connectivity index (χ2n) is 4.43. The molecule has 1 saturated heterocycles. The average Bonchev–Trinajstić information content (AvgIpc) is 2.78. The summed E-state index contributed by atoms with van der Waals surface area (Å²) < 4.78 is 5.79. The number of hydrogen-bond acceptors (Lipinski definition) is 2. The molecular formula is C14H21NO. The number of rotatable bonds is 5. The van der Waals surface area contributed by atoms with E-state index in [1.165, 1.54) is 24.9 Å². The van der Waals surface area contributed by atoms with E-state index in [0.717, 1.165) is 19.8 Å². The fourth-order valence-corrected chi connectivity index (χ4v) is 2.39. The minimum Gasteiger partial charge on any atom is -0.375 e. The smallest absolute Gasteiger partial charge is 0.0717 e. The lowest BCUT2D eigenvalue weighted by Crippen LogP contribution is -2.32. The first-order chi connectivity index (χ1) is 7.90. The van der Waals surface area contributed by atoms with Gasteiger partial charge < -0.3 is 4.74 Å². The van der Waals surface area contributed by atoms with E-state index in [1.807, 2.05) is 6.07 Å². The van der Waals surface area contributed by atoms with Crippen LogP contribution in [0.15, 0.2) is 30.3 Å². The van der Waals surface area contributed by atoms with Crippen LogP contribution in [0.4, 0.5) is 0 Å². The summed E-state index contributed by atoms with van der Waals surface area (Å²) in [6.45, 7) is 6.25. The molecule has 1 aromatic carbocycles. The zero-order valence-electron chi connectivity index (χ0n) is 10.1. The molecule has 1 unspecified atom stereocenters. The van der Waals surface area contributed by atoms with Gasteiger partial charge in [-0.25, -0.2) is 0 Å². The Morgan fingerprint density at radius 1 is 1.31 bits per heavy atom. The molecule has 2 rings (SSSR count). The Kier molecular flexibility index (Phi) is 4.37. The Labute approximate surface area is 98.2 Å². The number of likely N-dealkylation sites (N-methyl/N-ethyl adjacent to an activating group) is 1. The summed E-state index contributed by atoms with van der Waals surface area (Å²) in [5.41, 5.74) is 1.27. The lowest BCUT2D eigenvalue weighted by Gasteiger charge is -2.22. The number of likely N-dealkylation sites (tertiary alicyclic amines) is 1. The van der Waals surface area contributed by atoms with E-state index in [2.05, 4.69) is 36.1 Å². The van der Waals surface area contributed by atoms with E-state index in [9.17, 15) is 0 Å². The Morgan fingerprint density at radius 3 is 2.88 bits per heavy atom. The molecular weight excluding hydrogens is 198 g/mol. The van der Waals surface area contributed by atoms with E-state index in [1.54, 1.807) is 0 Å². The Hall–Kier alpha value is -0.860. The van der Waals surface area contributed by atoms with Crippen LogP contribution in [0.25, 0.3) is 0 Å². The maximum absolute atomic E-state index is 5.79. The van der Waals surface area contributed by atoms with E-state index in [4.69, 9.17) is 4.74 Å². The molecule has 0 radical (unpaired) electrons. The largest absolute Gasteiger partial charge is 0.375 e. The zero-order valence-corrected chi connectivity index (χ0v) is 10.1. The molecule has 0 aliphatic carbocycles. The summed E-state index contributed by atoms with van der Waals surface area (Å²) in [4.78, 5) is 2.52. The van der Waals surface area contributed by atoms with Gasteiger partial charge in [0.15, 0.2) is 0 Å². The molecule has 0 saturated carbocycles. The molecule has 2 nitrogen and oxygen atoms in total. The van der Waals surface area contributed by atoms with Crippen LogP contribution in [0.5, 0.6) is 0 Å². The summed E-state index contributed by atoms with van der Waals surface area (Å²) in [5, 5.41) is 0. The minimum absolute atomic E-state index is 0.647. The fraction of sp³-hybridized carbons (Fsp3) is 0.571. The van der Waals surface area contributed by atoms with Crippen molar-refractivity contribution in [1.82, 2.24) is 4.90 Å². The molecule has 1 aromatic rings. The molecule has 0 aromatic heterocycles. The normalized spacial score (nSPS) is 21.4. The number of hydrogen-bond donors (Lipinski definition) is 0. The summed E-state index contributed by atoms with van der Waals surface area (Å²) in [6, 6.07) is 11.0. The van der Waals surface area contributed by atoms with Gasteiger partial charge in [0.1, 0.15) is 0 Å². The Morgan fingerprint density at radius 2 is 2.12 bits per heavy atom. The zero-order chi connectivity index (χ0) is 11.2. The van der Waals surface area contributed by atoms with Gasteiger partial charge in [-0.2, -0.15) is 0 Å². The molecule has 88 valence electrons. The highest BCUT2D eigenvalue weighted by molar-refractivity contribution is 5.13. The van der Waals surface area contributed by atoms with Gasteiger partial charge in [0.25, 0.3) is 0 Å². The van der Waals surface area contributed by atoms with Gasteiger partial charge in [0, 0.05) is 6.04 Å². The molecule has 1 atom stereocenters. The monoisotopic (exact) mass is 219 g/mol. The molecule has 0 N–H and O–H groups in total. The molecule has 0 spiro atoms. The van der Waals surface area contributed by atoms with Gasteiger partial charge in [0.05, 0.1) is 13.2 Å². The molecule has 0 amide bonds. The van der Waals surface area contributed by atoms with Gasteiger partial charge in [-0.3, -0.25) is 4.90 Å². The van der Waals surface area contributed by atoms with Crippen molar-refractivity contribution >= 4 is 0 Å². The van der Waals surface area contributed by atoms with Crippen molar-refractivity contribution in [3.8, 4) is 0 Å². The van der Waals surface area contributed by atoms with Crippen molar-refractivity contribution < 1.29 is 4.74 Å². The van der Waals surface area contributed by atoms with Crippen molar-refractivity contribution in [2.75, 3.05) is 19.7 Å². The van der Waals surface area contributed by atoms with Crippen molar-refractivity contribution in [3.05, 3.63) is 35.9 Å². The standard InChI is InChI=1S/C14H21NO/c1-2-15-10-6-9-14(15)12-16-11-13-7-4-3-5-8-13/h3-5,7-8,14H,2,6,9-12H2,1H3. The van der Waals surface area contributed by atoms with Crippen LogP contribution in [0.1, 0.15) is 25.3 Å². The third-order valence-corrected chi connectivity index (χ3v) is 3.33. The van der Waals surface area contributed by atoms with Crippen LogP contribution in [-0.2, 0) is 11.3 Å². The van der Waals surface area contributed by atoms with Crippen LogP contribution in [0, 0.1) is 0 Å². The van der Waals surface area contributed by atoms with Gasteiger partial charge >= 0.3 is 0 Å². The second kappa shape index (κ2) is 6.02. The SMILES string of the molecule is CCN1CCCC1COCc1ccccc1. The van der Waals surface area contributed by atoms with Gasteiger partial charge in [-0.15, -0.1) is 0 Å². The maximum atomic E-state index is 5.79. The summed E-state index contributed by atoms with van der Waals surface area (Å²) >= 11 is 0. The number of benzene rings is 1. The molecule has 1 heterocycles. The maximum Gasteiger partial charge on any atom is 0.0717 e. The topological polar surface area (TPSA) is 12.5 Å². The average molecular weight is 219 g/mol. The van der Waals surface area contributed by atoms with Crippen molar-refractivity contribution in [3.63, 3.8) is 0 Å². The minimum atomic E-state index is 0.647. The summed E-state index contributed by atoms with van der Waals surface area (Å²) in [7, 11) is 0. The predicted molar refractivity (Wildman–Crippen MR) is 66.4 cm³/mol. The third-order valence-electron chi connectivity index (χ3n) is 3.33.